The first kappa shape index (κ1) is 17.2. The lowest BCUT2D eigenvalue weighted by atomic mass is 10.1. The maximum atomic E-state index is 12.8. The zero-order valence-corrected chi connectivity index (χ0v) is 15.3. The number of aryl methyl sites for hydroxylation is 1. The van der Waals surface area contributed by atoms with Crippen LogP contribution in [0.15, 0.2) is 44.2 Å². The number of hydrogen-bond acceptors (Lipinski definition) is 4. The molecular weight excluding hydrogens is 368 g/mol. The fourth-order valence-corrected chi connectivity index (χ4v) is 4.00. The van der Waals surface area contributed by atoms with E-state index in [-0.39, 0.29) is 10.8 Å². The monoisotopic (exact) mass is 386 g/mol. The molecule has 0 radical (unpaired) electrons. The van der Waals surface area contributed by atoms with E-state index in [0.717, 1.165) is 4.47 Å². The summed E-state index contributed by atoms with van der Waals surface area (Å²) in [5.74, 6) is 1.10. The standard InChI is InChI=1S/C15H19BrN2O3S/c1-10(2)14(15-17-9-11(3)21-15)18(4)22(19,20)13-7-5-12(16)6-8-13/h5-10,14H,1-4H3/t14-/m0/s1. The van der Waals surface area contributed by atoms with Crippen LogP contribution in [0.1, 0.15) is 31.5 Å². The summed E-state index contributed by atoms with van der Waals surface area (Å²) in [5, 5.41) is 0. The van der Waals surface area contributed by atoms with E-state index >= 15 is 0 Å². The minimum absolute atomic E-state index is 0.0215. The summed E-state index contributed by atoms with van der Waals surface area (Å²) in [6.07, 6.45) is 1.60. The van der Waals surface area contributed by atoms with Gasteiger partial charge in [0.15, 0.2) is 0 Å². The van der Waals surface area contributed by atoms with E-state index in [1.54, 1.807) is 44.4 Å². The lowest BCUT2D eigenvalue weighted by Crippen LogP contribution is -2.34. The highest BCUT2D eigenvalue weighted by Crippen LogP contribution is 2.32. The molecule has 2 rings (SSSR count). The molecule has 1 heterocycles. The Kier molecular flexibility index (Phi) is 5.09. The van der Waals surface area contributed by atoms with E-state index in [4.69, 9.17) is 4.42 Å². The van der Waals surface area contributed by atoms with Crippen LogP contribution in [0.3, 0.4) is 0 Å². The van der Waals surface area contributed by atoms with Crippen molar-refractivity contribution in [3.05, 3.63) is 46.6 Å². The number of benzene rings is 1. The Balaban J connectivity index is 2.42. The smallest absolute Gasteiger partial charge is 0.243 e. The molecule has 7 heteroatoms. The minimum atomic E-state index is -3.63. The first-order chi connectivity index (χ1) is 10.2. The van der Waals surface area contributed by atoms with Crippen LogP contribution in [0.5, 0.6) is 0 Å². The van der Waals surface area contributed by atoms with Crippen LogP contribution in [-0.4, -0.2) is 24.8 Å². The number of nitrogens with zero attached hydrogens (tertiary/aromatic N) is 2. The molecule has 2 aromatic rings. The molecular formula is C15H19BrN2O3S. The van der Waals surface area contributed by atoms with Gasteiger partial charge >= 0.3 is 0 Å². The van der Waals surface area contributed by atoms with Gasteiger partial charge in [0.05, 0.1) is 11.1 Å². The largest absolute Gasteiger partial charge is 0.444 e. The molecule has 1 atom stereocenters. The van der Waals surface area contributed by atoms with Gasteiger partial charge in [-0.25, -0.2) is 13.4 Å². The third kappa shape index (κ3) is 3.42. The van der Waals surface area contributed by atoms with Gasteiger partial charge in [-0.05, 0) is 37.1 Å². The Morgan fingerprint density at radius 1 is 1.23 bits per heavy atom. The van der Waals surface area contributed by atoms with Crippen LogP contribution in [0.4, 0.5) is 0 Å². The van der Waals surface area contributed by atoms with Gasteiger partial charge in [0, 0.05) is 11.5 Å². The summed E-state index contributed by atoms with van der Waals surface area (Å²) in [4.78, 5) is 4.44. The average molecular weight is 387 g/mol. The molecule has 22 heavy (non-hydrogen) atoms. The van der Waals surface area contributed by atoms with Crippen molar-refractivity contribution in [3.8, 4) is 0 Å². The Morgan fingerprint density at radius 3 is 2.27 bits per heavy atom. The Bertz CT molecular complexity index is 738. The van der Waals surface area contributed by atoms with E-state index in [0.29, 0.717) is 11.7 Å². The number of oxazole rings is 1. The van der Waals surface area contributed by atoms with Crippen LogP contribution in [0.2, 0.25) is 0 Å². The van der Waals surface area contributed by atoms with E-state index in [2.05, 4.69) is 20.9 Å². The highest BCUT2D eigenvalue weighted by molar-refractivity contribution is 9.10. The van der Waals surface area contributed by atoms with E-state index < -0.39 is 16.1 Å². The predicted molar refractivity (Wildman–Crippen MR) is 87.9 cm³/mol. The Morgan fingerprint density at radius 2 is 1.82 bits per heavy atom. The van der Waals surface area contributed by atoms with Crippen molar-refractivity contribution in [3.63, 3.8) is 0 Å². The molecule has 0 unspecified atom stereocenters. The molecule has 0 fully saturated rings. The molecule has 0 bridgehead atoms. The lowest BCUT2D eigenvalue weighted by molar-refractivity contribution is 0.246. The fraction of sp³-hybridized carbons (Fsp3) is 0.400. The third-order valence-electron chi connectivity index (χ3n) is 3.41. The number of aromatic nitrogens is 1. The van der Waals surface area contributed by atoms with Crippen molar-refractivity contribution in [2.75, 3.05) is 7.05 Å². The zero-order valence-electron chi connectivity index (χ0n) is 12.9. The van der Waals surface area contributed by atoms with Gasteiger partial charge in [-0.15, -0.1) is 0 Å². The van der Waals surface area contributed by atoms with E-state index in [1.807, 2.05) is 13.8 Å². The Labute approximate surface area is 139 Å². The number of rotatable bonds is 5. The first-order valence-corrected chi connectivity index (χ1v) is 9.12. The van der Waals surface area contributed by atoms with Gasteiger partial charge in [-0.3, -0.25) is 0 Å². The van der Waals surface area contributed by atoms with Gasteiger partial charge in [-0.1, -0.05) is 29.8 Å². The van der Waals surface area contributed by atoms with Crippen LogP contribution < -0.4 is 0 Å². The van der Waals surface area contributed by atoms with Gasteiger partial charge in [-0.2, -0.15) is 4.31 Å². The molecule has 0 saturated carbocycles. The SMILES string of the molecule is Cc1cnc([C@H](C(C)C)N(C)S(=O)(=O)c2ccc(Br)cc2)o1. The van der Waals surface area contributed by atoms with Gasteiger partial charge < -0.3 is 4.42 Å². The molecule has 120 valence electrons. The minimum Gasteiger partial charge on any atom is -0.444 e. The number of halogens is 1. The summed E-state index contributed by atoms with van der Waals surface area (Å²) in [7, 11) is -2.07. The summed E-state index contributed by atoms with van der Waals surface area (Å²) in [6, 6.07) is 6.12. The van der Waals surface area contributed by atoms with Crippen LogP contribution in [0.25, 0.3) is 0 Å². The molecule has 0 saturated heterocycles. The van der Waals surface area contributed by atoms with Crippen molar-refractivity contribution in [2.45, 2.75) is 31.7 Å². The van der Waals surface area contributed by atoms with Crippen molar-refractivity contribution in [1.82, 2.24) is 9.29 Å². The highest BCUT2D eigenvalue weighted by Gasteiger charge is 2.34. The van der Waals surface area contributed by atoms with Crippen LogP contribution in [-0.2, 0) is 10.0 Å². The number of sulfonamides is 1. The molecule has 0 aliphatic rings. The molecule has 0 spiro atoms. The predicted octanol–water partition coefficient (Wildman–Crippen LogP) is 3.76. The van der Waals surface area contributed by atoms with E-state index in [1.165, 1.54) is 4.31 Å². The maximum absolute atomic E-state index is 12.8. The van der Waals surface area contributed by atoms with Crippen LogP contribution in [0, 0.1) is 12.8 Å². The first-order valence-electron chi connectivity index (χ1n) is 6.89. The quantitative estimate of drug-likeness (QED) is 0.784. The van der Waals surface area contributed by atoms with Gasteiger partial charge in [0.25, 0.3) is 0 Å². The topological polar surface area (TPSA) is 63.4 Å². The van der Waals surface area contributed by atoms with Crippen molar-refractivity contribution < 1.29 is 12.8 Å². The highest BCUT2D eigenvalue weighted by atomic mass is 79.9. The molecule has 1 aromatic carbocycles. The average Bonchev–Trinajstić information content (AvgIpc) is 2.85. The van der Waals surface area contributed by atoms with Crippen molar-refractivity contribution >= 4 is 26.0 Å². The van der Waals surface area contributed by atoms with Gasteiger partial charge in [0.2, 0.25) is 15.9 Å². The van der Waals surface area contributed by atoms with Crippen molar-refractivity contribution in [1.29, 1.82) is 0 Å². The molecule has 0 aliphatic carbocycles. The lowest BCUT2D eigenvalue weighted by Gasteiger charge is -2.28. The third-order valence-corrected chi connectivity index (χ3v) is 5.79. The zero-order chi connectivity index (χ0) is 16.5. The summed E-state index contributed by atoms with van der Waals surface area (Å²) >= 11 is 3.31. The van der Waals surface area contributed by atoms with Gasteiger partial charge in [0.1, 0.15) is 11.8 Å². The second-order valence-electron chi connectivity index (χ2n) is 5.47. The van der Waals surface area contributed by atoms with E-state index in [9.17, 15) is 8.42 Å². The Hall–Kier alpha value is -1.18. The summed E-state index contributed by atoms with van der Waals surface area (Å²) < 4.78 is 33.3. The molecule has 5 nitrogen and oxygen atoms in total. The molecule has 1 aromatic heterocycles. The second kappa shape index (κ2) is 6.52. The maximum Gasteiger partial charge on any atom is 0.243 e. The summed E-state index contributed by atoms with van der Waals surface area (Å²) in [6.45, 7) is 5.67. The second-order valence-corrected chi connectivity index (χ2v) is 8.39. The summed E-state index contributed by atoms with van der Waals surface area (Å²) in [5.41, 5.74) is 0. The fourth-order valence-electron chi connectivity index (χ4n) is 2.29. The number of hydrogen-bond donors (Lipinski definition) is 0. The molecule has 0 aliphatic heterocycles. The molecule has 0 amide bonds. The van der Waals surface area contributed by atoms with Crippen molar-refractivity contribution in [2.24, 2.45) is 5.92 Å². The molecule has 0 N–H and O–H groups in total. The normalized spacial score (nSPS) is 13.8. The van der Waals surface area contributed by atoms with Crippen LogP contribution >= 0.6 is 15.9 Å².